The van der Waals surface area contributed by atoms with Crippen molar-refractivity contribution in [2.45, 2.75) is 5.75 Å². The zero-order valence-electron chi connectivity index (χ0n) is 15.3. The van der Waals surface area contributed by atoms with Gasteiger partial charge in [0.25, 0.3) is 0 Å². The first kappa shape index (κ1) is 20.6. The van der Waals surface area contributed by atoms with Gasteiger partial charge < -0.3 is 10.5 Å². The van der Waals surface area contributed by atoms with Crippen LogP contribution in [0.15, 0.2) is 54.6 Å². The number of rotatable bonds is 5. The number of carbonyl (C=O) groups is 1. The number of anilines is 2. The maximum absolute atomic E-state index is 12.0. The van der Waals surface area contributed by atoms with Gasteiger partial charge in [-0.2, -0.15) is 0 Å². The highest BCUT2D eigenvalue weighted by molar-refractivity contribution is 7.89. The van der Waals surface area contributed by atoms with E-state index >= 15 is 0 Å². The van der Waals surface area contributed by atoms with E-state index in [-0.39, 0.29) is 28.1 Å². The van der Waals surface area contributed by atoms with E-state index in [2.05, 4.69) is 15.3 Å². The van der Waals surface area contributed by atoms with Gasteiger partial charge >= 0.3 is 6.09 Å². The Morgan fingerprint density at radius 2 is 1.86 bits per heavy atom. The molecule has 0 spiro atoms. The fourth-order valence-electron chi connectivity index (χ4n) is 2.48. The number of nitrogens with zero attached hydrogens (tertiary/aromatic N) is 2. The van der Waals surface area contributed by atoms with Crippen LogP contribution in [0.5, 0.6) is 5.75 Å². The normalized spacial score (nSPS) is 11.1. The number of hydrogen-bond acceptors (Lipinski definition) is 7. The van der Waals surface area contributed by atoms with Crippen LogP contribution in [0.1, 0.15) is 5.69 Å². The van der Waals surface area contributed by atoms with E-state index in [1.54, 1.807) is 48.5 Å². The summed E-state index contributed by atoms with van der Waals surface area (Å²) in [7, 11) is -3.28. The number of para-hydroxylation sites is 1. The molecular weight excluding hydrogens is 416 g/mol. The van der Waals surface area contributed by atoms with Crippen LogP contribution in [0.2, 0.25) is 5.02 Å². The number of carbonyl (C=O) groups excluding carboxylic acids is 1. The SMILES string of the molecule is CS(=O)(=O)Cc1cc(N)nc(-c2ccc(NC(=O)Oc3ccccc3)c(Cl)c2)n1. The molecule has 29 heavy (non-hydrogen) atoms. The lowest BCUT2D eigenvalue weighted by molar-refractivity contribution is 0.215. The summed E-state index contributed by atoms with van der Waals surface area (Å²) >= 11 is 6.26. The lowest BCUT2D eigenvalue weighted by atomic mass is 10.2. The first-order chi connectivity index (χ1) is 13.7. The van der Waals surface area contributed by atoms with Gasteiger partial charge in [-0.3, -0.25) is 5.32 Å². The Bertz CT molecular complexity index is 1150. The van der Waals surface area contributed by atoms with Crippen molar-refractivity contribution in [1.82, 2.24) is 9.97 Å². The fraction of sp³-hybridized carbons (Fsp3) is 0.105. The minimum absolute atomic E-state index is 0.137. The number of ether oxygens (including phenoxy) is 1. The summed E-state index contributed by atoms with van der Waals surface area (Å²) < 4.78 is 28.2. The second-order valence-electron chi connectivity index (χ2n) is 6.20. The standard InChI is InChI=1S/C19H17ClN4O4S/c1-29(26,27)11-13-10-17(21)24-18(22-13)12-7-8-16(15(20)9-12)23-19(25)28-14-5-3-2-4-6-14/h2-10H,11H2,1H3,(H,23,25)(H2,21,22,24). The van der Waals surface area contributed by atoms with Crippen LogP contribution in [0.25, 0.3) is 11.4 Å². The minimum Gasteiger partial charge on any atom is -0.410 e. The molecule has 0 atom stereocenters. The Balaban J connectivity index is 1.80. The summed E-state index contributed by atoms with van der Waals surface area (Å²) in [5, 5.41) is 2.78. The maximum Gasteiger partial charge on any atom is 0.417 e. The third-order valence-corrected chi connectivity index (χ3v) is 4.76. The number of hydrogen-bond donors (Lipinski definition) is 2. The van der Waals surface area contributed by atoms with Crippen LogP contribution in [0, 0.1) is 0 Å². The Morgan fingerprint density at radius 3 is 2.52 bits per heavy atom. The number of nitrogen functional groups attached to an aromatic ring is 1. The topological polar surface area (TPSA) is 124 Å². The third-order valence-electron chi connectivity index (χ3n) is 3.63. The van der Waals surface area contributed by atoms with Gasteiger partial charge in [0, 0.05) is 17.9 Å². The molecular formula is C19H17ClN4O4S. The Labute approximate surface area is 172 Å². The lowest BCUT2D eigenvalue weighted by Crippen LogP contribution is -2.16. The first-order valence-corrected chi connectivity index (χ1v) is 10.8. The Hall–Kier alpha value is -3.17. The highest BCUT2D eigenvalue weighted by Gasteiger charge is 2.13. The van der Waals surface area contributed by atoms with Gasteiger partial charge in [-0.15, -0.1) is 0 Å². The minimum atomic E-state index is -3.28. The molecule has 1 amide bonds. The van der Waals surface area contributed by atoms with E-state index in [1.807, 2.05) is 0 Å². The van der Waals surface area contributed by atoms with Crippen molar-refractivity contribution >= 4 is 39.0 Å². The molecule has 0 bridgehead atoms. The molecule has 0 fully saturated rings. The van der Waals surface area contributed by atoms with Crippen molar-refractivity contribution in [3.63, 3.8) is 0 Å². The molecule has 8 nitrogen and oxygen atoms in total. The zero-order valence-corrected chi connectivity index (χ0v) is 16.9. The Kier molecular flexibility index (Phi) is 6.00. The third kappa shape index (κ3) is 5.90. The van der Waals surface area contributed by atoms with Gasteiger partial charge in [0.2, 0.25) is 0 Å². The van der Waals surface area contributed by atoms with Crippen molar-refractivity contribution in [2.75, 3.05) is 17.3 Å². The van der Waals surface area contributed by atoms with Crippen LogP contribution >= 0.6 is 11.6 Å². The zero-order chi connectivity index (χ0) is 21.0. The molecule has 0 unspecified atom stereocenters. The van der Waals surface area contributed by atoms with Gasteiger partial charge in [0.1, 0.15) is 11.6 Å². The second kappa shape index (κ2) is 8.46. The van der Waals surface area contributed by atoms with E-state index < -0.39 is 15.9 Å². The summed E-state index contributed by atoms with van der Waals surface area (Å²) in [4.78, 5) is 20.4. The molecule has 3 rings (SSSR count). The molecule has 0 saturated heterocycles. The smallest absolute Gasteiger partial charge is 0.410 e. The molecule has 3 aromatic rings. The molecule has 0 aliphatic carbocycles. The molecule has 0 saturated carbocycles. The molecule has 1 aromatic heterocycles. The van der Waals surface area contributed by atoms with E-state index in [0.29, 0.717) is 17.0 Å². The van der Waals surface area contributed by atoms with Crippen molar-refractivity contribution in [1.29, 1.82) is 0 Å². The fourth-order valence-corrected chi connectivity index (χ4v) is 3.39. The quantitative estimate of drug-likeness (QED) is 0.631. The number of benzene rings is 2. The van der Waals surface area contributed by atoms with Gasteiger partial charge in [-0.05, 0) is 30.3 Å². The average molecular weight is 433 g/mol. The molecule has 10 heteroatoms. The number of halogens is 1. The largest absolute Gasteiger partial charge is 0.417 e. The number of aromatic nitrogens is 2. The molecule has 2 aromatic carbocycles. The van der Waals surface area contributed by atoms with Gasteiger partial charge in [-0.1, -0.05) is 29.8 Å². The van der Waals surface area contributed by atoms with E-state index in [1.165, 1.54) is 6.07 Å². The van der Waals surface area contributed by atoms with Crippen molar-refractivity contribution in [2.24, 2.45) is 0 Å². The van der Waals surface area contributed by atoms with Crippen LogP contribution in [-0.4, -0.2) is 30.7 Å². The van der Waals surface area contributed by atoms with Crippen LogP contribution in [-0.2, 0) is 15.6 Å². The van der Waals surface area contributed by atoms with Crippen molar-refractivity contribution in [3.8, 4) is 17.1 Å². The predicted molar refractivity (Wildman–Crippen MR) is 112 cm³/mol. The van der Waals surface area contributed by atoms with E-state index in [0.717, 1.165) is 6.26 Å². The molecule has 1 heterocycles. The number of sulfone groups is 1. The van der Waals surface area contributed by atoms with Crippen molar-refractivity contribution < 1.29 is 17.9 Å². The summed E-state index contributed by atoms with van der Waals surface area (Å²) in [5.41, 5.74) is 6.89. The molecule has 150 valence electrons. The number of nitrogens with two attached hydrogens (primary N) is 1. The second-order valence-corrected chi connectivity index (χ2v) is 8.75. The van der Waals surface area contributed by atoms with Crippen LogP contribution in [0.3, 0.4) is 0 Å². The highest BCUT2D eigenvalue weighted by atomic mass is 35.5. The van der Waals surface area contributed by atoms with Gasteiger partial charge in [0.15, 0.2) is 15.7 Å². The van der Waals surface area contributed by atoms with Gasteiger partial charge in [-0.25, -0.2) is 23.2 Å². The molecule has 0 aliphatic rings. The summed E-state index contributed by atoms with van der Waals surface area (Å²) in [6.45, 7) is 0. The first-order valence-electron chi connectivity index (χ1n) is 8.34. The summed E-state index contributed by atoms with van der Waals surface area (Å²) in [5.74, 6) is 0.498. The van der Waals surface area contributed by atoms with Crippen LogP contribution < -0.4 is 15.8 Å². The average Bonchev–Trinajstić information content (AvgIpc) is 2.62. The lowest BCUT2D eigenvalue weighted by Gasteiger charge is -2.10. The summed E-state index contributed by atoms with van der Waals surface area (Å²) in [6.07, 6.45) is 0.415. The molecule has 0 radical (unpaired) electrons. The monoisotopic (exact) mass is 432 g/mol. The highest BCUT2D eigenvalue weighted by Crippen LogP contribution is 2.28. The number of nitrogens with one attached hydrogen (secondary N) is 1. The molecule has 0 aliphatic heterocycles. The summed E-state index contributed by atoms with van der Waals surface area (Å²) in [6, 6.07) is 14.7. The van der Waals surface area contributed by atoms with E-state index in [4.69, 9.17) is 22.1 Å². The van der Waals surface area contributed by atoms with Gasteiger partial charge in [0.05, 0.1) is 22.2 Å². The molecule has 3 N–H and O–H groups in total. The predicted octanol–water partition coefficient (Wildman–Crippen LogP) is 3.53. The maximum atomic E-state index is 12.0. The van der Waals surface area contributed by atoms with Crippen molar-refractivity contribution in [3.05, 3.63) is 65.3 Å². The van der Waals surface area contributed by atoms with Crippen LogP contribution in [0.4, 0.5) is 16.3 Å². The number of amides is 1. The Morgan fingerprint density at radius 1 is 1.14 bits per heavy atom. The van der Waals surface area contributed by atoms with E-state index in [9.17, 15) is 13.2 Å².